The molecule has 1 aromatic carbocycles. The molecule has 0 saturated heterocycles. The van der Waals surface area contributed by atoms with Gasteiger partial charge in [-0.05, 0) is 30.7 Å². The molecule has 3 rings (SSSR count). The molecule has 0 unspecified atom stereocenters. The van der Waals surface area contributed by atoms with Crippen molar-refractivity contribution in [2.45, 2.75) is 6.92 Å². The van der Waals surface area contributed by atoms with Crippen molar-refractivity contribution in [1.29, 1.82) is 0 Å². The van der Waals surface area contributed by atoms with Crippen molar-refractivity contribution < 1.29 is 9.90 Å². The summed E-state index contributed by atoms with van der Waals surface area (Å²) in [7, 11) is 0. The third kappa shape index (κ3) is 2.44. The first-order valence-corrected chi connectivity index (χ1v) is 6.81. The molecule has 2 heterocycles. The fourth-order valence-corrected chi connectivity index (χ4v) is 2.36. The molecule has 1 amide bonds. The van der Waals surface area contributed by atoms with E-state index in [4.69, 9.17) is 11.6 Å². The second-order valence-electron chi connectivity index (χ2n) is 4.68. The van der Waals surface area contributed by atoms with Crippen molar-refractivity contribution in [3.63, 3.8) is 0 Å². The van der Waals surface area contributed by atoms with Gasteiger partial charge in [0, 0.05) is 12.4 Å². The van der Waals surface area contributed by atoms with E-state index in [1.807, 2.05) is 13.0 Å². The number of benzene rings is 1. The number of halogens is 1. The summed E-state index contributed by atoms with van der Waals surface area (Å²) in [6, 6.07) is 6.74. The van der Waals surface area contributed by atoms with Crippen LogP contribution in [0.3, 0.4) is 0 Å². The molecular weight excluding hydrogens is 304 g/mol. The quantitative estimate of drug-likeness (QED) is 0.696. The lowest BCUT2D eigenvalue weighted by Gasteiger charge is -1.98. The summed E-state index contributed by atoms with van der Waals surface area (Å²) >= 11 is 6.15. The Morgan fingerprint density at radius 1 is 1.36 bits per heavy atom. The molecule has 0 saturated carbocycles. The minimum absolute atomic E-state index is 0.140. The molecule has 2 aromatic heterocycles. The van der Waals surface area contributed by atoms with E-state index in [2.05, 4.69) is 20.2 Å². The number of rotatable bonds is 2. The third-order valence-electron chi connectivity index (χ3n) is 3.22. The van der Waals surface area contributed by atoms with E-state index >= 15 is 0 Å². The first-order valence-electron chi connectivity index (χ1n) is 6.44. The zero-order valence-corrected chi connectivity index (χ0v) is 12.3. The number of nitrogens with one attached hydrogen (secondary N) is 1. The zero-order valence-electron chi connectivity index (χ0n) is 11.5. The zero-order chi connectivity index (χ0) is 15.7. The third-order valence-corrected chi connectivity index (χ3v) is 3.53. The largest absolute Gasteiger partial charge is 0.493 e. The van der Waals surface area contributed by atoms with Crippen LogP contribution in [0.5, 0.6) is 5.88 Å². The van der Waals surface area contributed by atoms with Crippen molar-refractivity contribution in [1.82, 2.24) is 9.97 Å². The number of carbonyl (C=O) groups excluding carboxylic acids is 1. The molecule has 0 atom stereocenters. The second kappa shape index (κ2) is 5.57. The summed E-state index contributed by atoms with van der Waals surface area (Å²) in [4.78, 5) is 18.6. The van der Waals surface area contributed by atoms with Gasteiger partial charge in [-0.1, -0.05) is 17.7 Å². The second-order valence-corrected chi connectivity index (χ2v) is 5.09. The molecule has 3 aromatic rings. The molecule has 0 aliphatic carbocycles. The smallest absolute Gasteiger partial charge is 0.296 e. The van der Waals surface area contributed by atoms with Gasteiger partial charge in [0.2, 0.25) is 5.88 Å². The standard InChI is InChI=1S/C15H11ClN4O2/c1-8-4-5-10(16)11-12(8)18-15(22)13(11)19-20-14(21)9-3-2-6-17-7-9/h2-7,18,22H,1H3. The number of carbonyl (C=O) groups is 1. The van der Waals surface area contributed by atoms with Crippen molar-refractivity contribution in [2.24, 2.45) is 10.2 Å². The Kier molecular flexibility index (Phi) is 3.60. The number of H-pyrrole nitrogens is 1. The average molecular weight is 315 g/mol. The normalized spacial score (nSPS) is 11.4. The van der Waals surface area contributed by atoms with Gasteiger partial charge < -0.3 is 10.1 Å². The first-order chi connectivity index (χ1) is 10.6. The average Bonchev–Trinajstić information content (AvgIpc) is 2.87. The molecule has 0 fully saturated rings. The summed E-state index contributed by atoms with van der Waals surface area (Å²) in [6.45, 7) is 1.87. The van der Waals surface area contributed by atoms with Gasteiger partial charge in [-0.25, -0.2) is 0 Å². The molecule has 7 heteroatoms. The van der Waals surface area contributed by atoms with Crippen LogP contribution in [0.4, 0.5) is 5.69 Å². The lowest BCUT2D eigenvalue weighted by molar-refractivity contribution is 0.0994. The van der Waals surface area contributed by atoms with E-state index in [0.29, 0.717) is 21.5 Å². The van der Waals surface area contributed by atoms with Crippen LogP contribution >= 0.6 is 11.6 Å². The number of nitrogens with zero attached hydrogens (tertiary/aromatic N) is 3. The molecule has 22 heavy (non-hydrogen) atoms. The SMILES string of the molecule is Cc1ccc(Cl)c2c(N=NC(=O)c3cccnc3)c(O)[nH]c12. The van der Waals surface area contributed by atoms with E-state index in [0.717, 1.165) is 5.56 Å². The van der Waals surface area contributed by atoms with Crippen LogP contribution < -0.4 is 0 Å². The minimum atomic E-state index is -0.550. The molecule has 0 aliphatic rings. The summed E-state index contributed by atoms with van der Waals surface area (Å²) < 4.78 is 0. The monoisotopic (exact) mass is 314 g/mol. The molecule has 2 N–H and O–H groups in total. The molecule has 0 radical (unpaired) electrons. The molecule has 110 valence electrons. The molecule has 6 nitrogen and oxygen atoms in total. The van der Waals surface area contributed by atoms with E-state index < -0.39 is 5.91 Å². The number of aromatic hydroxyl groups is 1. The van der Waals surface area contributed by atoms with Crippen LogP contribution in [0.2, 0.25) is 5.02 Å². The van der Waals surface area contributed by atoms with Crippen molar-refractivity contribution in [2.75, 3.05) is 0 Å². The van der Waals surface area contributed by atoms with Crippen molar-refractivity contribution >= 4 is 34.1 Å². The molecule has 0 aliphatic heterocycles. The van der Waals surface area contributed by atoms with E-state index in [9.17, 15) is 9.90 Å². The maximum atomic E-state index is 11.9. The van der Waals surface area contributed by atoms with E-state index in [-0.39, 0.29) is 11.6 Å². The predicted octanol–water partition coefficient (Wildman–Crippen LogP) is 4.15. The lowest BCUT2D eigenvalue weighted by atomic mass is 10.1. The van der Waals surface area contributed by atoms with Crippen LogP contribution in [0, 0.1) is 6.92 Å². The Labute approximate surface area is 130 Å². The molecular formula is C15H11ClN4O2. The van der Waals surface area contributed by atoms with Crippen LogP contribution in [0.25, 0.3) is 10.9 Å². The Morgan fingerprint density at radius 3 is 2.91 bits per heavy atom. The summed E-state index contributed by atoms with van der Waals surface area (Å²) in [6.07, 6.45) is 2.95. The lowest BCUT2D eigenvalue weighted by Crippen LogP contribution is -1.93. The number of pyridine rings is 1. The van der Waals surface area contributed by atoms with Gasteiger partial charge in [-0.3, -0.25) is 9.78 Å². The predicted molar refractivity (Wildman–Crippen MR) is 82.8 cm³/mol. The van der Waals surface area contributed by atoms with Gasteiger partial charge in [-0.15, -0.1) is 10.2 Å². The van der Waals surface area contributed by atoms with Crippen LogP contribution in [0.15, 0.2) is 46.9 Å². The van der Waals surface area contributed by atoms with Crippen LogP contribution in [0.1, 0.15) is 15.9 Å². The highest BCUT2D eigenvalue weighted by atomic mass is 35.5. The molecule has 0 spiro atoms. The number of hydrogen-bond donors (Lipinski definition) is 2. The number of azo groups is 1. The van der Waals surface area contributed by atoms with Crippen LogP contribution in [-0.4, -0.2) is 21.0 Å². The Balaban J connectivity index is 2.04. The fourth-order valence-electron chi connectivity index (χ4n) is 2.11. The highest BCUT2D eigenvalue weighted by Gasteiger charge is 2.16. The van der Waals surface area contributed by atoms with E-state index in [1.54, 1.807) is 24.4 Å². The maximum absolute atomic E-state index is 11.9. The first kappa shape index (κ1) is 14.2. The Morgan fingerprint density at radius 2 is 2.18 bits per heavy atom. The van der Waals surface area contributed by atoms with Gasteiger partial charge in [0.1, 0.15) is 0 Å². The van der Waals surface area contributed by atoms with E-state index in [1.165, 1.54) is 6.20 Å². The van der Waals surface area contributed by atoms with Gasteiger partial charge in [0.05, 0.1) is 21.5 Å². The van der Waals surface area contributed by atoms with Crippen molar-refractivity contribution in [3.05, 3.63) is 52.8 Å². The minimum Gasteiger partial charge on any atom is -0.493 e. The highest BCUT2D eigenvalue weighted by molar-refractivity contribution is 6.36. The fraction of sp³-hybridized carbons (Fsp3) is 0.0667. The number of aromatic nitrogens is 2. The number of hydrogen-bond acceptors (Lipinski definition) is 4. The molecule has 0 bridgehead atoms. The maximum Gasteiger partial charge on any atom is 0.296 e. The highest BCUT2D eigenvalue weighted by Crippen LogP contribution is 2.40. The number of aryl methyl sites for hydroxylation is 1. The van der Waals surface area contributed by atoms with Gasteiger partial charge in [-0.2, -0.15) is 0 Å². The van der Waals surface area contributed by atoms with Crippen molar-refractivity contribution in [3.8, 4) is 5.88 Å². The number of amides is 1. The van der Waals surface area contributed by atoms with Gasteiger partial charge in [0.15, 0.2) is 5.69 Å². The number of fused-ring (bicyclic) bond motifs is 1. The summed E-state index contributed by atoms with van der Waals surface area (Å²) in [5.74, 6) is -0.737. The van der Waals surface area contributed by atoms with Gasteiger partial charge >= 0.3 is 0 Å². The number of aromatic amines is 1. The summed E-state index contributed by atoms with van der Waals surface area (Å²) in [5, 5.41) is 18.4. The topological polar surface area (TPSA) is 90.7 Å². The van der Waals surface area contributed by atoms with Crippen LogP contribution in [-0.2, 0) is 0 Å². The Bertz CT molecular complexity index is 887. The Hall–Kier alpha value is -2.73. The van der Waals surface area contributed by atoms with Gasteiger partial charge in [0.25, 0.3) is 5.91 Å². The summed E-state index contributed by atoms with van der Waals surface area (Å²) in [5.41, 5.74) is 2.01.